The Morgan fingerprint density at radius 1 is 0.939 bits per heavy atom. The quantitative estimate of drug-likeness (QED) is 0.236. The van der Waals surface area contributed by atoms with E-state index in [1.54, 1.807) is 24.3 Å². The van der Waals surface area contributed by atoms with Crippen LogP contribution in [0.25, 0.3) is 5.76 Å². The highest BCUT2D eigenvalue weighted by Gasteiger charge is 2.47. The summed E-state index contributed by atoms with van der Waals surface area (Å²) in [6.45, 7) is 1.83. The Hall–Kier alpha value is -3.94. The van der Waals surface area contributed by atoms with Crippen LogP contribution in [-0.4, -0.2) is 16.8 Å². The summed E-state index contributed by atoms with van der Waals surface area (Å²) in [7, 11) is 0. The number of hydrogen-bond acceptors (Lipinski definition) is 3. The summed E-state index contributed by atoms with van der Waals surface area (Å²) in [4.78, 5) is 26.9. The van der Waals surface area contributed by atoms with Crippen molar-refractivity contribution in [2.24, 2.45) is 0 Å². The molecular weight excluding hydrogens is 438 g/mol. The smallest absolute Gasteiger partial charge is 0.416 e. The molecule has 1 heterocycles. The summed E-state index contributed by atoms with van der Waals surface area (Å²) < 4.78 is 53.4. The van der Waals surface area contributed by atoms with Gasteiger partial charge in [-0.05, 0) is 42.8 Å². The average Bonchev–Trinajstić information content (AvgIpc) is 3.04. The monoisotopic (exact) mass is 455 g/mol. The average molecular weight is 455 g/mol. The molecule has 3 aromatic carbocycles. The molecular formula is C25H17F4NO3. The first kappa shape index (κ1) is 22.3. The Kier molecular flexibility index (Phi) is 5.53. The first-order valence-electron chi connectivity index (χ1n) is 9.88. The van der Waals surface area contributed by atoms with Gasteiger partial charge in [-0.25, -0.2) is 4.39 Å². The van der Waals surface area contributed by atoms with Crippen LogP contribution in [0, 0.1) is 12.7 Å². The lowest BCUT2D eigenvalue weighted by atomic mass is 9.95. The molecule has 1 aliphatic heterocycles. The van der Waals surface area contributed by atoms with Gasteiger partial charge in [0.2, 0.25) is 0 Å². The summed E-state index contributed by atoms with van der Waals surface area (Å²) in [5, 5.41) is 11.0. The summed E-state index contributed by atoms with van der Waals surface area (Å²) >= 11 is 0. The van der Waals surface area contributed by atoms with Crippen molar-refractivity contribution in [2.45, 2.75) is 19.1 Å². The number of aliphatic hydroxyl groups excluding tert-OH is 1. The third kappa shape index (κ3) is 4.11. The summed E-state index contributed by atoms with van der Waals surface area (Å²) in [5.41, 5.74) is -0.0714. The molecule has 0 bridgehead atoms. The van der Waals surface area contributed by atoms with E-state index in [2.05, 4.69) is 0 Å². The second kappa shape index (κ2) is 8.20. The predicted molar refractivity (Wildman–Crippen MR) is 114 cm³/mol. The van der Waals surface area contributed by atoms with Crippen LogP contribution in [0.5, 0.6) is 0 Å². The van der Waals surface area contributed by atoms with E-state index in [9.17, 15) is 32.3 Å². The molecule has 168 valence electrons. The zero-order valence-electron chi connectivity index (χ0n) is 17.2. The Morgan fingerprint density at radius 3 is 2.18 bits per heavy atom. The molecule has 0 spiro atoms. The fourth-order valence-electron chi connectivity index (χ4n) is 3.76. The summed E-state index contributed by atoms with van der Waals surface area (Å²) in [6, 6.07) is 14.1. The number of nitrogens with zero attached hydrogens (tertiary/aromatic N) is 1. The van der Waals surface area contributed by atoms with Gasteiger partial charge < -0.3 is 5.11 Å². The maximum Gasteiger partial charge on any atom is 0.416 e. The van der Waals surface area contributed by atoms with Crippen molar-refractivity contribution in [3.63, 3.8) is 0 Å². The molecule has 0 aliphatic carbocycles. The number of amides is 1. The number of alkyl halides is 3. The Morgan fingerprint density at radius 2 is 1.58 bits per heavy atom. The topological polar surface area (TPSA) is 57.6 Å². The lowest BCUT2D eigenvalue weighted by Crippen LogP contribution is -2.29. The van der Waals surface area contributed by atoms with Crippen molar-refractivity contribution in [3.8, 4) is 0 Å². The number of hydrogen-bond donors (Lipinski definition) is 1. The molecule has 0 aromatic heterocycles. The van der Waals surface area contributed by atoms with E-state index in [0.717, 1.165) is 40.8 Å². The van der Waals surface area contributed by atoms with Crippen molar-refractivity contribution in [2.75, 3.05) is 4.90 Å². The lowest BCUT2D eigenvalue weighted by Gasteiger charge is -2.26. The highest BCUT2D eigenvalue weighted by molar-refractivity contribution is 6.51. The third-order valence-corrected chi connectivity index (χ3v) is 5.41. The lowest BCUT2D eigenvalue weighted by molar-refractivity contribution is -0.137. The zero-order chi connectivity index (χ0) is 23.9. The minimum Gasteiger partial charge on any atom is -0.507 e. The van der Waals surface area contributed by atoms with Gasteiger partial charge in [-0.3, -0.25) is 14.5 Å². The predicted octanol–water partition coefficient (Wildman–Crippen LogP) is 5.78. The fraction of sp³-hybridized carbons (Fsp3) is 0.120. The fourth-order valence-corrected chi connectivity index (χ4v) is 3.76. The number of carbonyl (C=O) groups excluding carboxylic acids is 2. The van der Waals surface area contributed by atoms with E-state index in [1.807, 2.05) is 6.92 Å². The van der Waals surface area contributed by atoms with Gasteiger partial charge >= 0.3 is 6.18 Å². The zero-order valence-corrected chi connectivity index (χ0v) is 17.2. The van der Waals surface area contributed by atoms with Crippen LogP contribution in [0.3, 0.4) is 0 Å². The molecule has 1 N–H and O–H groups in total. The maximum atomic E-state index is 13.6. The number of ketones is 1. The SMILES string of the molecule is Cc1ccc(C(O)=C2C(=O)C(=O)N(c3cccc(C(F)(F)F)c3)C2c2ccc(F)cc2)cc1. The van der Waals surface area contributed by atoms with E-state index < -0.39 is 41.0 Å². The van der Waals surface area contributed by atoms with Gasteiger partial charge in [0.15, 0.2) is 0 Å². The molecule has 1 fully saturated rings. The Bertz CT molecular complexity index is 1260. The van der Waals surface area contributed by atoms with E-state index >= 15 is 0 Å². The molecule has 1 aliphatic rings. The molecule has 1 saturated heterocycles. The maximum absolute atomic E-state index is 13.6. The second-order valence-corrected chi connectivity index (χ2v) is 7.63. The first-order chi connectivity index (χ1) is 15.6. The number of rotatable bonds is 3. The molecule has 3 aromatic rings. The van der Waals surface area contributed by atoms with E-state index in [-0.39, 0.29) is 22.4 Å². The van der Waals surface area contributed by atoms with Gasteiger partial charge in [-0.2, -0.15) is 13.2 Å². The molecule has 1 unspecified atom stereocenters. The molecule has 1 amide bonds. The van der Waals surface area contributed by atoms with E-state index in [0.29, 0.717) is 0 Å². The number of benzene rings is 3. The number of carbonyl (C=O) groups is 2. The molecule has 8 heteroatoms. The van der Waals surface area contributed by atoms with E-state index in [1.165, 1.54) is 18.2 Å². The van der Waals surface area contributed by atoms with Crippen LogP contribution in [0.4, 0.5) is 23.2 Å². The third-order valence-electron chi connectivity index (χ3n) is 5.41. The summed E-state index contributed by atoms with van der Waals surface area (Å²) in [6.07, 6.45) is -4.67. The molecule has 1 atom stereocenters. The van der Waals surface area contributed by atoms with Crippen LogP contribution in [0.1, 0.15) is 28.3 Å². The van der Waals surface area contributed by atoms with Gasteiger partial charge in [-0.15, -0.1) is 0 Å². The standard InChI is InChI=1S/C25H17F4NO3/c1-14-5-7-16(8-6-14)22(31)20-21(15-9-11-18(26)12-10-15)30(24(33)23(20)32)19-4-2-3-17(13-19)25(27,28)29/h2-13,21,31H,1H3. The molecule has 33 heavy (non-hydrogen) atoms. The van der Waals surface area contributed by atoms with Crippen molar-refractivity contribution < 1.29 is 32.3 Å². The normalized spacial score (nSPS) is 18.1. The second-order valence-electron chi connectivity index (χ2n) is 7.63. The van der Waals surface area contributed by atoms with E-state index in [4.69, 9.17) is 0 Å². The van der Waals surface area contributed by atoms with Crippen molar-refractivity contribution in [1.29, 1.82) is 0 Å². The van der Waals surface area contributed by atoms with Crippen molar-refractivity contribution in [3.05, 3.63) is 106 Å². The van der Waals surface area contributed by atoms with Crippen LogP contribution in [0.2, 0.25) is 0 Å². The Balaban J connectivity index is 1.94. The minimum absolute atomic E-state index is 0.177. The van der Waals surface area contributed by atoms with Crippen LogP contribution >= 0.6 is 0 Å². The van der Waals surface area contributed by atoms with Gasteiger partial charge in [0.05, 0.1) is 17.2 Å². The largest absolute Gasteiger partial charge is 0.507 e. The van der Waals surface area contributed by atoms with Gasteiger partial charge in [-0.1, -0.05) is 48.0 Å². The Labute approximate surface area is 186 Å². The van der Waals surface area contributed by atoms with Gasteiger partial charge in [0, 0.05) is 11.3 Å². The molecule has 4 rings (SSSR count). The van der Waals surface area contributed by atoms with Crippen LogP contribution in [-0.2, 0) is 15.8 Å². The summed E-state index contributed by atoms with van der Waals surface area (Å²) in [5.74, 6) is -3.21. The number of aryl methyl sites for hydroxylation is 1. The van der Waals surface area contributed by atoms with Gasteiger partial charge in [0.25, 0.3) is 11.7 Å². The number of aliphatic hydroxyl groups is 1. The van der Waals surface area contributed by atoms with Gasteiger partial charge in [0.1, 0.15) is 11.6 Å². The van der Waals surface area contributed by atoms with Crippen molar-refractivity contribution >= 4 is 23.1 Å². The number of anilines is 1. The minimum atomic E-state index is -4.67. The molecule has 0 radical (unpaired) electrons. The highest BCUT2D eigenvalue weighted by atomic mass is 19.4. The first-order valence-corrected chi connectivity index (χ1v) is 9.88. The highest BCUT2D eigenvalue weighted by Crippen LogP contribution is 2.43. The van der Waals surface area contributed by atoms with Crippen LogP contribution in [0.15, 0.2) is 78.4 Å². The number of Topliss-reactive ketones (excluding diaryl/α,β-unsaturated/α-hetero) is 1. The molecule has 0 saturated carbocycles. The van der Waals surface area contributed by atoms with Crippen LogP contribution < -0.4 is 4.90 Å². The number of halogens is 4. The molecule has 4 nitrogen and oxygen atoms in total. The van der Waals surface area contributed by atoms with Crippen molar-refractivity contribution in [1.82, 2.24) is 0 Å².